The molecule has 2 amide bonds. The fraction of sp³-hybridized carbons (Fsp3) is 0.467. The number of nitrogens with two attached hydrogens (primary N) is 1. The van der Waals surface area contributed by atoms with Crippen LogP contribution >= 0.6 is 0 Å². The second-order valence-corrected chi connectivity index (χ2v) is 5.31. The van der Waals surface area contributed by atoms with Crippen molar-refractivity contribution >= 4 is 23.2 Å². The van der Waals surface area contributed by atoms with Gasteiger partial charge in [0.05, 0.1) is 6.54 Å². The van der Waals surface area contributed by atoms with E-state index in [1.165, 1.54) is 0 Å². The number of nitrogens with zero attached hydrogens (tertiary/aromatic N) is 2. The summed E-state index contributed by atoms with van der Waals surface area (Å²) in [5.74, 6) is 0.0548. The number of benzene rings is 1. The van der Waals surface area contributed by atoms with E-state index in [4.69, 9.17) is 5.73 Å². The number of anilines is 2. The van der Waals surface area contributed by atoms with Gasteiger partial charge in [-0.2, -0.15) is 0 Å². The average molecular weight is 290 g/mol. The molecule has 1 heterocycles. The van der Waals surface area contributed by atoms with Gasteiger partial charge in [0.2, 0.25) is 11.8 Å². The summed E-state index contributed by atoms with van der Waals surface area (Å²) in [6.07, 6.45) is 0.898. The maximum atomic E-state index is 12.0. The van der Waals surface area contributed by atoms with Crippen LogP contribution in [0.3, 0.4) is 0 Å². The average Bonchev–Trinajstić information content (AvgIpc) is 2.67. The molecule has 1 aromatic carbocycles. The van der Waals surface area contributed by atoms with Crippen LogP contribution in [0.5, 0.6) is 0 Å². The fourth-order valence-electron chi connectivity index (χ4n) is 2.41. The molecule has 0 aliphatic carbocycles. The van der Waals surface area contributed by atoms with Gasteiger partial charge < -0.3 is 16.0 Å². The summed E-state index contributed by atoms with van der Waals surface area (Å²) in [4.78, 5) is 27.3. The summed E-state index contributed by atoms with van der Waals surface area (Å²) in [6, 6.07) is 7.08. The lowest BCUT2D eigenvalue weighted by Gasteiger charge is -2.20. The largest absolute Gasteiger partial charge is 0.399 e. The lowest BCUT2D eigenvalue weighted by Crippen LogP contribution is -2.37. The van der Waals surface area contributed by atoms with E-state index < -0.39 is 0 Å². The normalized spacial score (nSPS) is 16.3. The molecule has 1 fully saturated rings. The first-order valence-corrected chi connectivity index (χ1v) is 7.18. The number of carbonyl (C=O) groups is 2. The zero-order chi connectivity index (χ0) is 15.2. The molecule has 114 valence electrons. The van der Waals surface area contributed by atoms with E-state index in [-0.39, 0.29) is 11.8 Å². The summed E-state index contributed by atoms with van der Waals surface area (Å²) in [6.45, 7) is 4.95. The number of nitrogen functional groups attached to an aromatic ring is 1. The third-order valence-electron chi connectivity index (χ3n) is 3.60. The smallest absolute Gasteiger partial charge is 0.238 e. The Bertz CT molecular complexity index is 501. The van der Waals surface area contributed by atoms with Gasteiger partial charge in [0.1, 0.15) is 0 Å². The summed E-state index contributed by atoms with van der Waals surface area (Å²) < 4.78 is 0. The number of carbonyl (C=O) groups excluding carboxylic acids is 2. The molecule has 0 bridgehead atoms. The van der Waals surface area contributed by atoms with Crippen molar-refractivity contribution in [2.45, 2.75) is 13.3 Å². The number of nitrogens with one attached hydrogen (secondary N) is 1. The molecule has 1 aliphatic rings. The van der Waals surface area contributed by atoms with Crippen LogP contribution in [0, 0.1) is 0 Å². The van der Waals surface area contributed by atoms with Gasteiger partial charge in [-0.1, -0.05) is 0 Å². The van der Waals surface area contributed by atoms with Crippen LogP contribution in [0.2, 0.25) is 0 Å². The number of amides is 2. The zero-order valence-electron chi connectivity index (χ0n) is 12.3. The topological polar surface area (TPSA) is 78.7 Å². The summed E-state index contributed by atoms with van der Waals surface area (Å²) in [5.41, 5.74) is 7.02. The molecule has 2 rings (SSSR count). The number of hydrogen-bond donors (Lipinski definition) is 2. The highest BCUT2D eigenvalue weighted by Crippen LogP contribution is 2.10. The first kappa shape index (κ1) is 15.3. The molecular weight excluding hydrogens is 268 g/mol. The SMILES string of the molecule is CC(=O)N1CCCN(CC(=O)Nc2ccc(N)cc2)CC1. The molecule has 1 aliphatic heterocycles. The van der Waals surface area contributed by atoms with E-state index >= 15 is 0 Å². The van der Waals surface area contributed by atoms with Gasteiger partial charge in [0, 0.05) is 44.5 Å². The highest BCUT2D eigenvalue weighted by molar-refractivity contribution is 5.92. The van der Waals surface area contributed by atoms with Crippen molar-refractivity contribution < 1.29 is 9.59 Å². The fourth-order valence-corrected chi connectivity index (χ4v) is 2.41. The van der Waals surface area contributed by atoms with Gasteiger partial charge in [-0.15, -0.1) is 0 Å². The molecule has 0 spiro atoms. The van der Waals surface area contributed by atoms with Crippen LogP contribution in [0.4, 0.5) is 11.4 Å². The molecule has 0 aromatic heterocycles. The van der Waals surface area contributed by atoms with Gasteiger partial charge in [-0.25, -0.2) is 0 Å². The molecule has 6 heteroatoms. The Kier molecular flexibility index (Phi) is 5.16. The van der Waals surface area contributed by atoms with E-state index in [2.05, 4.69) is 10.2 Å². The third kappa shape index (κ3) is 4.75. The van der Waals surface area contributed by atoms with Crippen molar-refractivity contribution in [3.8, 4) is 0 Å². The van der Waals surface area contributed by atoms with Gasteiger partial charge >= 0.3 is 0 Å². The van der Waals surface area contributed by atoms with Crippen LogP contribution in [0.15, 0.2) is 24.3 Å². The summed E-state index contributed by atoms with van der Waals surface area (Å²) in [7, 11) is 0. The van der Waals surface area contributed by atoms with Gasteiger partial charge in [-0.3, -0.25) is 14.5 Å². The van der Waals surface area contributed by atoms with Crippen molar-refractivity contribution in [1.82, 2.24) is 9.80 Å². The van der Waals surface area contributed by atoms with E-state index in [0.29, 0.717) is 18.8 Å². The molecule has 6 nitrogen and oxygen atoms in total. The lowest BCUT2D eigenvalue weighted by atomic mass is 10.3. The van der Waals surface area contributed by atoms with Crippen molar-refractivity contribution in [3.63, 3.8) is 0 Å². The quantitative estimate of drug-likeness (QED) is 0.806. The van der Waals surface area contributed by atoms with E-state index in [1.807, 2.05) is 4.90 Å². The Labute approximate surface area is 124 Å². The minimum Gasteiger partial charge on any atom is -0.399 e. The molecule has 0 unspecified atom stereocenters. The maximum Gasteiger partial charge on any atom is 0.238 e. The maximum absolute atomic E-state index is 12.0. The first-order valence-electron chi connectivity index (χ1n) is 7.18. The molecule has 1 aromatic rings. The van der Waals surface area contributed by atoms with Crippen molar-refractivity contribution in [2.24, 2.45) is 0 Å². The second-order valence-electron chi connectivity index (χ2n) is 5.31. The number of rotatable bonds is 3. The molecule has 1 saturated heterocycles. The van der Waals surface area contributed by atoms with Crippen LogP contribution < -0.4 is 11.1 Å². The number of hydrogen-bond acceptors (Lipinski definition) is 4. The van der Waals surface area contributed by atoms with Crippen molar-refractivity contribution in [1.29, 1.82) is 0 Å². The van der Waals surface area contributed by atoms with E-state index in [1.54, 1.807) is 31.2 Å². The van der Waals surface area contributed by atoms with Crippen LogP contribution in [-0.4, -0.2) is 54.3 Å². The Morgan fingerprint density at radius 3 is 2.52 bits per heavy atom. The van der Waals surface area contributed by atoms with E-state index in [0.717, 1.165) is 31.7 Å². The van der Waals surface area contributed by atoms with Crippen LogP contribution in [0.1, 0.15) is 13.3 Å². The Hall–Kier alpha value is -2.08. The Balaban J connectivity index is 1.82. The van der Waals surface area contributed by atoms with Crippen molar-refractivity contribution in [2.75, 3.05) is 43.8 Å². The van der Waals surface area contributed by atoms with Gasteiger partial charge in [0.15, 0.2) is 0 Å². The predicted octanol–water partition coefficient (Wildman–Crippen LogP) is 0.761. The van der Waals surface area contributed by atoms with Crippen LogP contribution in [0.25, 0.3) is 0 Å². The van der Waals surface area contributed by atoms with Gasteiger partial charge in [0.25, 0.3) is 0 Å². The lowest BCUT2D eigenvalue weighted by molar-refractivity contribution is -0.128. The standard InChI is InChI=1S/C15H22N4O2/c1-12(20)19-8-2-7-18(9-10-19)11-15(21)17-14-5-3-13(16)4-6-14/h3-6H,2,7-11,16H2,1H3,(H,17,21). The molecule has 0 saturated carbocycles. The van der Waals surface area contributed by atoms with E-state index in [9.17, 15) is 9.59 Å². The highest BCUT2D eigenvalue weighted by atomic mass is 16.2. The third-order valence-corrected chi connectivity index (χ3v) is 3.60. The Morgan fingerprint density at radius 1 is 1.14 bits per heavy atom. The molecule has 0 radical (unpaired) electrons. The van der Waals surface area contributed by atoms with Crippen LogP contribution in [-0.2, 0) is 9.59 Å². The molecule has 3 N–H and O–H groups in total. The highest BCUT2D eigenvalue weighted by Gasteiger charge is 2.18. The summed E-state index contributed by atoms with van der Waals surface area (Å²) >= 11 is 0. The minimum absolute atomic E-state index is 0.0453. The zero-order valence-corrected chi connectivity index (χ0v) is 12.3. The summed E-state index contributed by atoms with van der Waals surface area (Å²) in [5, 5.41) is 2.85. The molecule has 0 atom stereocenters. The second kappa shape index (κ2) is 7.08. The molecular formula is C15H22N4O2. The first-order chi connectivity index (χ1) is 10.0. The van der Waals surface area contributed by atoms with Gasteiger partial charge in [-0.05, 0) is 30.7 Å². The minimum atomic E-state index is -0.0453. The monoisotopic (exact) mass is 290 g/mol. The molecule has 21 heavy (non-hydrogen) atoms. The predicted molar refractivity (Wildman–Crippen MR) is 82.8 cm³/mol. The van der Waals surface area contributed by atoms with Crippen molar-refractivity contribution in [3.05, 3.63) is 24.3 Å². The Morgan fingerprint density at radius 2 is 1.86 bits per heavy atom.